The van der Waals surface area contributed by atoms with E-state index < -0.39 is 6.01 Å². The van der Waals surface area contributed by atoms with Crippen LogP contribution in [0.25, 0.3) is 0 Å². The zero-order valence-corrected chi connectivity index (χ0v) is 11.8. The van der Waals surface area contributed by atoms with E-state index in [0.717, 1.165) is 12.0 Å². The Balaban J connectivity index is 1.67. The summed E-state index contributed by atoms with van der Waals surface area (Å²) < 4.78 is 40.8. The molecule has 0 spiro atoms. The van der Waals surface area contributed by atoms with Crippen molar-refractivity contribution < 1.29 is 27.8 Å². The summed E-state index contributed by atoms with van der Waals surface area (Å²) in [5.74, 6) is 0.493. The van der Waals surface area contributed by atoms with Crippen LogP contribution in [-0.4, -0.2) is 30.9 Å². The first-order valence-electron chi connectivity index (χ1n) is 6.91. The van der Waals surface area contributed by atoms with Crippen molar-refractivity contribution in [2.75, 3.05) is 0 Å². The molecule has 2 aliphatic rings. The van der Waals surface area contributed by atoms with Crippen LogP contribution >= 0.6 is 0 Å². The van der Waals surface area contributed by atoms with Crippen LogP contribution in [-0.2, 0) is 25.6 Å². The van der Waals surface area contributed by atoms with E-state index in [1.54, 1.807) is 6.92 Å². The van der Waals surface area contributed by atoms with Gasteiger partial charge in [0.2, 0.25) is 0 Å². The summed E-state index contributed by atoms with van der Waals surface area (Å²) in [5.41, 5.74) is 0.739. The third kappa shape index (κ3) is 2.48. The van der Waals surface area contributed by atoms with Crippen molar-refractivity contribution in [3.05, 3.63) is 23.4 Å². The number of furan rings is 1. The predicted molar refractivity (Wildman–Crippen MR) is 66.4 cm³/mol. The Kier molecular flexibility index (Phi) is 3.81. The molecular weight excluding hydrogens is 267 g/mol. The van der Waals surface area contributed by atoms with Gasteiger partial charge in [-0.2, -0.15) is 4.39 Å². The molecule has 1 unspecified atom stereocenters. The van der Waals surface area contributed by atoms with Gasteiger partial charge in [-0.15, -0.1) is 0 Å². The lowest BCUT2D eigenvalue weighted by molar-refractivity contribution is -0.168. The van der Waals surface area contributed by atoms with Crippen molar-refractivity contribution >= 4 is 0 Å². The van der Waals surface area contributed by atoms with E-state index in [4.69, 9.17) is 23.4 Å². The van der Waals surface area contributed by atoms with Gasteiger partial charge < -0.3 is 23.4 Å². The molecule has 2 aliphatic heterocycles. The summed E-state index contributed by atoms with van der Waals surface area (Å²) in [6.45, 7) is 5.82. The lowest BCUT2D eigenvalue weighted by Crippen LogP contribution is -2.34. The van der Waals surface area contributed by atoms with Crippen molar-refractivity contribution in [1.82, 2.24) is 0 Å². The number of fused-ring (bicyclic) bond motifs is 1. The lowest BCUT2D eigenvalue weighted by Gasteiger charge is -2.21. The summed E-state index contributed by atoms with van der Waals surface area (Å²) in [6, 6.07) is 0.754. The normalized spacial score (nSPS) is 36.5. The summed E-state index contributed by atoms with van der Waals surface area (Å²) in [7, 11) is 0. The summed E-state index contributed by atoms with van der Waals surface area (Å²) in [6.07, 6.45) is -0.439. The SMILES string of the molecule is CC[C@H]1O[C@@H]2OC(C)O[C@@H]2[C@H]1OCc1oc(F)cc1C. The molecule has 0 aliphatic carbocycles. The molecule has 0 amide bonds. The van der Waals surface area contributed by atoms with Crippen LogP contribution in [0, 0.1) is 12.9 Å². The Hall–Kier alpha value is -0.950. The van der Waals surface area contributed by atoms with E-state index in [9.17, 15) is 4.39 Å². The van der Waals surface area contributed by atoms with Gasteiger partial charge >= 0.3 is 0 Å². The minimum absolute atomic E-state index is 0.0855. The average molecular weight is 286 g/mol. The van der Waals surface area contributed by atoms with Crippen LogP contribution in [0.3, 0.4) is 0 Å². The average Bonchev–Trinajstić information content (AvgIpc) is 2.99. The Labute approximate surface area is 116 Å². The number of hydrogen-bond acceptors (Lipinski definition) is 5. The third-order valence-electron chi connectivity index (χ3n) is 3.74. The van der Waals surface area contributed by atoms with Gasteiger partial charge in [0.25, 0.3) is 6.01 Å². The van der Waals surface area contributed by atoms with Crippen molar-refractivity contribution in [2.45, 2.75) is 64.7 Å². The molecule has 1 aromatic heterocycles. The maximum Gasteiger partial charge on any atom is 0.278 e. The summed E-state index contributed by atoms with van der Waals surface area (Å²) >= 11 is 0. The van der Waals surface area contributed by atoms with E-state index in [-0.39, 0.29) is 37.5 Å². The summed E-state index contributed by atoms with van der Waals surface area (Å²) in [5, 5.41) is 0. The monoisotopic (exact) mass is 286 g/mol. The van der Waals surface area contributed by atoms with E-state index >= 15 is 0 Å². The first-order valence-corrected chi connectivity index (χ1v) is 6.91. The molecule has 112 valence electrons. The van der Waals surface area contributed by atoms with Gasteiger partial charge in [0, 0.05) is 6.07 Å². The molecule has 5 atom stereocenters. The van der Waals surface area contributed by atoms with Gasteiger partial charge in [-0.3, -0.25) is 0 Å². The Morgan fingerprint density at radius 3 is 2.75 bits per heavy atom. The maximum atomic E-state index is 13.0. The molecule has 0 saturated carbocycles. The fourth-order valence-electron chi connectivity index (χ4n) is 2.71. The van der Waals surface area contributed by atoms with Gasteiger partial charge in [-0.1, -0.05) is 6.92 Å². The topological polar surface area (TPSA) is 50.1 Å². The van der Waals surface area contributed by atoms with E-state index in [1.807, 2.05) is 13.8 Å². The molecule has 0 aromatic carbocycles. The molecule has 1 aromatic rings. The van der Waals surface area contributed by atoms with Crippen LogP contribution in [0.2, 0.25) is 0 Å². The second-order valence-electron chi connectivity index (χ2n) is 5.19. The molecule has 3 rings (SSSR count). The molecule has 20 heavy (non-hydrogen) atoms. The van der Waals surface area contributed by atoms with E-state index in [1.165, 1.54) is 6.07 Å². The largest absolute Gasteiger partial charge is 0.433 e. The zero-order valence-electron chi connectivity index (χ0n) is 11.8. The Morgan fingerprint density at radius 2 is 2.10 bits per heavy atom. The fraction of sp³-hybridized carbons (Fsp3) is 0.714. The van der Waals surface area contributed by atoms with Crippen molar-refractivity contribution in [3.8, 4) is 0 Å². The highest BCUT2D eigenvalue weighted by atomic mass is 19.1. The third-order valence-corrected chi connectivity index (χ3v) is 3.74. The van der Waals surface area contributed by atoms with E-state index in [2.05, 4.69) is 0 Å². The van der Waals surface area contributed by atoms with Gasteiger partial charge in [-0.25, -0.2) is 0 Å². The molecule has 0 radical (unpaired) electrons. The van der Waals surface area contributed by atoms with Gasteiger partial charge in [0.05, 0.1) is 6.10 Å². The summed E-state index contributed by atoms with van der Waals surface area (Å²) in [4.78, 5) is 0. The smallest absolute Gasteiger partial charge is 0.278 e. The Bertz CT molecular complexity index is 474. The number of rotatable bonds is 4. The minimum Gasteiger partial charge on any atom is -0.433 e. The van der Waals surface area contributed by atoms with Crippen LogP contribution in [0.15, 0.2) is 10.5 Å². The van der Waals surface area contributed by atoms with Crippen LogP contribution in [0.5, 0.6) is 0 Å². The van der Waals surface area contributed by atoms with Crippen molar-refractivity contribution in [3.63, 3.8) is 0 Å². The zero-order chi connectivity index (χ0) is 14.3. The number of hydrogen-bond donors (Lipinski definition) is 0. The van der Waals surface area contributed by atoms with Crippen LogP contribution < -0.4 is 0 Å². The minimum atomic E-state index is -0.595. The second kappa shape index (κ2) is 5.44. The number of ether oxygens (including phenoxy) is 4. The van der Waals surface area contributed by atoms with E-state index in [0.29, 0.717) is 5.76 Å². The van der Waals surface area contributed by atoms with Crippen LogP contribution in [0.4, 0.5) is 4.39 Å². The highest BCUT2D eigenvalue weighted by molar-refractivity contribution is 5.14. The highest BCUT2D eigenvalue weighted by Gasteiger charge is 2.51. The molecule has 2 saturated heterocycles. The molecule has 5 nitrogen and oxygen atoms in total. The number of aryl methyl sites for hydroxylation is 1. The van der Waals surface area contributed by atoms with Crippen molar-refractivity contribution in [1.29, 1.82) is 0 Å². The first-order chi connectivity index (χ1) is 9.58. The molecule has 3 heterocycles. The second-order valence-corrected chi connectivity index (χ2v) is 5.19. The molecule has 0 bridgehead atoms. The first kappa shape index (κ1) is 14.0. The van der Waals surface area contributed by atoms with Crippen molar-refractivity contribution in [2.24, 2.45) is 0 Å². The lowest BCUT2D eigenvalue weighted by atomic mass is 10.1. The standard InChI is InChI=1S/C14H19FO5/c1-4-9-12(13-14(20-9)18-8(3)17-13)16-6-10-7(2)5-11(15)19-10/h5,8-9,12-14H,4,6H2,1-3H3/t8?,9-,12+,13-,14+/m1/s1. The maximum absolute atomic E-state index is 13.0. The fourth-order valence-corrected chi connectivity index (χ4v) is 2.71. The van der Waals surface area contributed by atoms with Gasteiger partial charge in [0.15, 0.2) is 12.6 Å². The molecule has 2 fully saturated rings. The predicted octanol–water partition coefficient (Wildman–Crippen LogP) is 2.51. The highest BCUT2D eigenvalue weighted by Crippen LogP contribution is 2.35. The number of halogens is 1. The van der Waals surface area contributed by atoms with Gasteiger partial charge in [0.1, 0.15) is 24.6 Å². The molecule has 0 N–H and O–H groups in total. The quantitative estimate of drug-likeness (QED) is 0.851. The molecular formula is C14H19FO5. The van der Waals surface area contributed by atoms with Gasteiger partial charge in [-0.05, 0) is 25.8 Å². The van der Waals surface area contributed by atoms with Crippen LogP contribution in [0.1, 0.15) is 31.6 Å². The Morgan fingerprint density at radius 1 is 1.30 bits per heavy atom. The molecule has 6 heteroatoms.